The summed E-state index contributed by atoms with van der Waals surface area (Å²) < 4.78 is 8.48. The molecule has 0 saturated carbocycles. The Labute approximate surface area is 179 Å². The molecule has 6 rings (SSSR count). The lowest BCUT2D eigenvalue weighted by Crippen LogP contribution is -1.92. The van der Waals surface area contributed by atoms with Gasteiger partial charge >= 0.3 is 0 Å². The average Bonchev–Trinajstić information content (AvgIpc) is 3.31. The van der Waals surface area contributed by atoms with E-state index in [0.717, 1.165) is 44.5 Å². The smallest absolute Gasteiger partial charge is 0.227 e. The number of benzene rings is 3. The van der Waals surface area contributed by atoms with Gasteiger partial charge in [-0.3, -0.25) is 0 Å². The molecule has 0 aliphatic carbocycles. The van der Waals surface area contributed by atoms with Gasteiger partial charge in [0.2, 0.25) is 5.71 Å². The van der Waals surface area contributed by atoms with E-state index in [4.69, 9.17) is 14.4 Å². The van der Waals surface area contributed by atoms with E-state index in [1.54, 1.807) is 0 Å². The van der Waals surface area contributed by atoms with E-state index < -0.39 is 0 Å². The number of hydrogen-bond donors (Lipinski definition) is 0. The van der Waals surface area contributed by atoms with Crippen molar-refractivity contribution >= 4 is 33.1 Å². The summed E-state index contributed by atoms with van der Waals surface area (Å²) in [5.41, 5.74) is 9.05. The summed E-state index contributed by atoms with van der Waals surface area (Å²) in [5.74, 6) is 0.890. The third-order valence-electron chi connectivity index (χ3n) is 6.13. The molecule has 31 heavy (non-hydrogen) atoms. The molecule has 6 aromatic rings. The van der Waals surface area contributed by atoms with Gasteiger partial charge in [0, 0.05) is 23.4 Å². The molecule has 0 spiro atoms. The molecule has 4 nitrogen and oxygen atoms in total. The molecule has 0 bridgehead atoms. The second kappa shape index (κ2) is 6.54. The number of nitrogens with zero attached hydrogens (tertiary/aromatic N) is 3. The van der Waals surface area contributed by atoms with Crippen molar-refractivity contribution in [2.45, 2.75) is 13.8 Å². The number of aromatic nitrogens is 3. The SMILES string of the molecule is Cc1cccc(C)c1-c1ccc2c(n1)oc1c(-c3nc4ccccc4n3C)cccc12. The minimum atomic E-state index is 0.654. The van der Waals surface area contributed by atoms with E-state index in [1.165, 1.54) is 16.7 Å². The molecule has 3 aromatic carbocycles. The van der Waals surface area contributed by atoms with Crippen LogP contribution in [0.1, 0.15) is 11.1 Å². The maximum absolute atomic E-state index is 6.37. The summed E-state index contributed by atoms with van der Waals surface area (Å²) in [6, 6.07) is 24.9. The number of pyridine rings is 1. The molecule has 0 unspecified atom stereocenters. The summed E-state index contributed by atoms with van der Waals surface area (Å²) in [4.78, 5) is 9.78. The van der Waals surface area contributed by atoms with Crippen molar-refractivity contribution in [3.8, 4) is 22.6 Å². The summed E-state index contributed by atoms with van der Waals surface area (Å²) in [6.45, 7) is 4.24. The summed E-state index contributed by atoms with van der Waals surface area (Å²) >= 11 is 0. The van der Waals surface area contributed by atoms with Gasteiger partial charge in [-0.1, -0.05) is 42.5 Å². The van der Waals surface area contributed by atoms with Crippen molar-refractivity contribution in [1.29, 1.82) is 0 Å². The van der Waals surface area contributed by atoms with Crippen LogP contribution in [0.3, 0.4) is 0 Å². The van der Waals surface area contributed by atoms with E-state index >= 15 is 0 Å². The standard InChI is InChI=1S/C27H21N3O/c1-16-8-6-9-17(2)24(16)22-15-14-19-18-10-7-11-20(25(18)31-27(19)29-22)26-28-21-12-4-5-13-23(21)30(26)3/h4-15H,1-3H3. The lowest BCUT2D eigenvalue weighted by Gasteiger charge is -2.08. The van der Waals surface area contributed by atoms with Gasteiger partial charge in [-0.25, -0.2) is 9.97 Å². The Morgan fingerprint density at radius 1 is 0.742 bits per heavy atom. The number of fused-ring (bicyclic) bond motifs is 4. The first kappa shape index (κ1) is 17.9. The van der Waals surface area contributed by atoms with Crippen LogP contribution in [0.5, 0.6) is 0 Å². The number of rotatable bonds is 2. The molecule has 0 N–H and O–H groups in total. The molecule has 0 saturated heterocycles. The summed E-state index contributed by atoms with van der Waals surface area (Å²) in [5, 5.41) is 2.07. The Hall–Kier alpha value is -3.92. The highest BCUT2D eigenvalue weighted by Crippen LogP contribution is 2.37. The Morgan fingerprint density at radius 2 is 1.52 bits per heavy atom. The molecule has 0 amide bonds. The number of furan rings is 1. The first-order valence-electron chi connectivity index (χ1n) is 10.4. The zero-order chi connectivity index (χ0) is 21.1. The lowest BCUT2D eigenvalue weighted by molar-refractivity contribution is 0.655. The molecule has 0 atom stereocenters. The minimum absolute atomic E-state index is 0.654. The minimum Gasteiger partial charge on any atom is -0.437 e. The lowest BCUT2D eigenvalue weighted by atomic mass is 9.99. The molecule has 4 heteroatoms. The van der Waals surface area contributed by atoms with Gasteiger partial charge in [0.1, 0.15) is 11.4 Å². The molecule has 3 heterocycles. The van der Waals surface area contributed by atoms with Crippen molar-refractivity contribution in [3.63, 3.8) is 0 Å². The van der Waals surface area contributed by atoms with E-state index in [0.29, 0.717) is 5.71 Å². The number of aryl methyl sites for hydroxylation is 3. The monoisotopic (exact) mass is 403 g/mol. The number of imidazole rings is 1. The Morgan fingerprint density at radius 3 is 2.32 bits per heavy atom. The fourth-order valence-electron chi connectivity index (χ4n) is 4.60. The van der Waals surface area contributed by atoms with Crippen LogP contribution in [0.4, 0.5) is 0 Å². The van der Waals surface area contributed by atoms with E-state index in [9.17, 15) is 0 Å². The normalized spacial score (nSPS) is 11.7. The first-order valence-corrected chi connectivity index (χ1v) is 10.4. The summed E-state index contributed by atoms with van der Waals surface area (Å²) in [6.07, 6.45) is 0. The third kappa shape index (κ3) is 2.61. The van der Waals surface area contributed by atoms with Crippen molar-refractivity contribution in [2.75, 3.05) is 0 Å². The molecule has 0 aliphatic heterocycles. The fraction of sp³-hybridized carbons (Fsp3) is 0.111. The second-order valence-corrected chi connectivity index (χ2v) is 8.08. The Balaban J connectivity index is 1.61. The maximum Gasteiger partial charge on any atom is 0.227 e. The van der Waals surface area contributed by atoms with Crippen LogP contribution in [0, 0.1) is 13.8 Å². The zero-order valence-electron chi connectivity index (χ0n) is 17.7. The van der Waals surface area contributed by atoms with Gasteiger partial charge in [0.15, 0.2) is 0 Å². The van der Waals surface area contributed by atoms with E-state index in [1.807, 2.05) is 25.2 Å². The highest BCUT2D eigenvalue weighted by Gasteiger charge is 2.18. The Bertz CT molecular complexity index is 1600. The predicted octanol–water partition coefficient (Wildman–Crippen LogP) is 6.82. The van der Waals surface area contributed by atoms with Crippen LogP contribution in [0.15, 0.2) is 77.2 Å². The fourth-order valence-corrected chi connectivity index (χ4v) is 4.60. The Kier molecular flexibility index (Phi) is 3.78. The molecule has 0 aliphatic rings. The average molecular weight is 403 g/mol. The maximum atomic E-state index is 6.37. The van der Waals surface area contributed by atoms with Crippen molar-refractivity contribution in [2.24, 2.45) is 7.05 Å². The van der Waals surface area contributed by atoms with Gasteiger partial charge in [0.25, 0.3) is 0 Å². The van der Waals surface area contributed by atoms with Crippen molar-refractivity contribution in [1.82, 2.24) is 14.5 Å². The number of para-hydroxylation sites is 3. The topological polar surface area (TPSA) is 43.9 Å². The highest BCUT2D eigenvalue weighted by atomic mass is 16.3. The largest absolute Gasteiger partial charge is 0.437 e. The van der Waals surface area contributed by atoms with Crippen LogP contribution in [0.2, 0.25) is 0 Å². The number of hydrogen-bond acceptors (Lipinski definition) is 3. The van der Waals surface area contributed by atoms with Gasteiger partial charge in [-0.15, -0.1) is 0 Å². The first-order chi connectivity index (χ1) is 15.1. The van der Waals surface area contributed by atoms with Crippen LogP contribution < -0.4 is 0 Å². The van der Waals surface area contributed by atoms with Gasteiger partial charge in [-0.05, 0) is 55.3 Å². The van der Waals surface area contributed by atoms with E-state index in [2.05, 4.69) is 73.0 Å². The van der Waals surface area contributed by atoms with Gasteiger partial charge in [-0.2, -0.15) is 0 Å². The molecular weight excluding hydrogens is 382 g/mol. The van der Waals surface area contributed by atoms with Crippen LogP contribution >= 0.6 is 0 Å². The molecule has 0 fully saturated rings. The van der Waals surface area contributed by atoms with Crippen LogP contribution in [0.25, 0.3) is 55.7 Å². The van der Waals surface area contributed by atoms with Gasteiger partial charge in [0.05, 0.1) is 22.3 Å². The van der Waals surface area contributed by atoms with Crippen molar-refractivity contribution in [3.05, 3.63) is 83.9 Å². The van der Waals surface area contributed by atoms with Crippen LogP contribution in [-0.2, 0) is 7.05 Å². The van der Waals surface area contributed by atoms with Crippen LogP contribution in [-0.4, -0.2) is 14.5 Å². The van der Waals surface area contributed by atoms with E-state index in [-0.39, 0.29) is 0 Å². The molecular formula is C27H21N3O. The molecule has 3 aromatic heterocycles. The molecule has 150 valence electrons. The zero-order valence-corrected chi connectivity index (χ0v) is 17.7. The predicted molar refractivity (Wildman–Crippen MR) is 126 cm³/mol. The quantitative estimate of drug-likeness (QED) is 0.319. The van der Waals surface area contributed by atoms with Crippen molar-refractivity contribution < 1.29 is 4.42 Å². The second-order valence-electron chi connectivity index (χ2n) is 8.08. The molecule has 0 radical (unpaired) electrons. The van der Waals surface area contributed by atoms with Gasteiger partial charge < -0.3 is 8.98 Å². The highest BCUT2D eigenvalue weighted by molar-refractivity contribution is 6.08. The summed E-state index contributed by atoms with van der Waals surface area (Å²) in [7, 11) is 2.05. The third-order valence-corrected chi connectivity index (χ3v) is 6.13.